The van der Waals surface area contributed by atoms with Crippen molar-refractivity contribution in [1.29, 1.82) is 0 Å². The third kappa shape index (κ3) is 2.84. The second kappa shape index (κ2) is 6.27. The van der Waals surface area contributed by atoms with Gasteiger partial charge in [0, 0.05) is 17.7 Å². The highest BCUT2D eigenvalue weighted by molar-refractivity contribution is 5.34. The first-order chi connectivity index (χ1) is 9.69. The van der Waals surface area contributed by atoms with Crippen molar-refractivity contribution in [2.24, 2.45) is 5.84 Å². The maximum Gasteiger partial charge on any atom is 0.233 e. The Balaban J connectivity index is 2.35. The van der Waals surface area contributed by atoms with Crippen molar-refractivity contribution in [2.45, 2.75) is 6.04 Å². The van der Waals surface area contributed by atoms with Crippen molar-refractivity contribution < 1.29 is 13.9 Å². The van der Waals surface area contributed by atoms with Crippen LogP contribution in [0.5, 0.6) is 11.6 Å². The summed E-state index contributed by atoms with van der Waals surface area (Å²) in [5.74, 6) is 5.87. The summed E-state index contributed by atoms with van der Waals surface area (Å²) >= 11 is 0. The first-order valence-corrected chi connectivity index (χ1v) is 5.86. The summed E-state index contributed by atoms with van der Waals surface area (Å²) in [5.41, 5.74) is 3.36. The van der Waals surface area contributed by atoms with E-state index in [9.17, 15) is 4.39 Å². The van der Waals surface area contributed by atoms with Gasteiger partial charge < -0.3 is 9.47 Å². The van der Waals surface area contributed by atoms with Crippen LogP contribution in [-0.2, 0) is 0 Å². The molecule has 0 spiro atoms. The van der Waals surface area contributed by atoms with Crippen LogP contribution in [0.1, 0.15) is 17.3 Å². The number of hydrogen-bond acceptors (Lipinski definition) is 6. The smallest absolute Gasteiger partial charge is 0.233 e. The second-order valence-electron chi connectivity index (χ2n) is 3.99. The third-order valence-electron chi connectivity index (χ3n) is 2.85. The van der Waals surface area contributed by atoms with Crippen LogP contribution in [0.2, 0.25) is 0 Å². The van der Waals surface area contributed by atoms with E-state index in [4.69, 9.17) is 15.3 Å². The Morgan fingerprint density at radius 3 is 2.45 bits per heavy atom. The van der Waals surface area contributed by atoms with Crippen molar-refractivity contribution >= 4 is 0 Å². The molecule has 0 aliphatic rings. The van der Waals surface area contributed by atoms with Crippen molar-refractivity contribution in [3.8, 4) is 11.6 Å². The van der Waals surface area contributed by atoms with Gasteiger partial charge in [-0.3, -0.25) is 5.84 Å². The average Bonchev–Trinajstić information content (AvgIpc) is 2.50. The Labute approximate surface area is 115 Å². The van der Waals surface area contributed by atoms with E-state index in [0.717, 1.165) is 0 Å². The van der Waals surface area contributed by atoms with E-state index in [-0.39, 0.29) is 0 Å². The summed E-state index contributed by atoms with van der Waals surface area (Å²) in [7, 11) is 2.97. The maximum absolute atomic E-state index is 14.1. The molecular formula is C13H15FN4O2. The van der Waals surface area contributed by atoms with Gasteiger partial charge in [0.2, 0.25) is 5.88 Å². The SMILES string of the molecule is COc1ccc(C(NN)c2ccc(OC)nn2)c(F)c1. The van der Waals surface area contributed by atoms with Crippen LogP contribution in [0, 0.1) is 5.82 Å². The second-order valence-corrected chi connectivity index (χ2v) is 3.99. The van der Waals surface area contributed by atoms with E-state index < -0.39 is 11.9 Å². The number of nitrogens with two attached hydrogens (primary N) is 1. The van der Waals surface area contributed by atoms with Crippen LogP contribution >= 0.6 is 0 Å². The lowest BCUT2D eigenvalue weighted by Gasteiger charge is -2.16. The molecule has 1 atom stereocenters. The van der Waals surface area contributed by atoms with E-state index in [0.29, 0.717) is 22.9 Å². The van der Waals surface area contributed by atoms with Gasteiger partial charge in [-0.1, -0.05) is 6.07 Å². The molecule has 0 amide bonds. The van der Waals surface area contributed by atoms with Crippen LogP contribution in [0.3, 0.4) is 0 Å². The molecule has 106 valence electrons. The minimum atomic E-state index is -0.612. The summed E-state index contributed by atoms with van der Waals surface area (Å²) in [6.07, 6.45) is 0. The number of benzene rings is 1. The van der Waals surface area contributed by atoms with Gasteiger partial charge in [-0.05, 0) is 12.1 Å². The van der Waals surface area contributed by atoms with Crippen LogP contribution in [0.15, 0.2) is 30.3 Å². The first-order valence-electron chi connectivity index (χ1n) is 5.86. The van der Waals surface area contributed by atoms with Gasteiger partial charge in [0.1, 0.15) is 11.6 Å². The lowest BCUT2D eigenvalue weighted by molar-refractivity contribution is 0.390. The van der Waals surface area contributed by atoms with E-state index in [1.165, 1.54) is 20.3 Å². The van der Waals surface area contributed by atoms with E-state index >= 15 is 0 Å². The number of hydrazine groups is 1. The molecule has 7 heteroatoms. The van der Waals surface area contributed by atoms with Crippen LogP contribution in [0.25, 0.3) is 0 Å². The molecule has 3 N–H and O–H groups in total. The van der Waals surface area contributed by atoms with Crippen molar-refractivity contribution in [2.75, 3.05) is 14.2 Å². The highest BCUT2D eigenvalue weighted by atomic mass is 19.1. The lowest BCUT2D eigenvalue weighted by atomic mass is 10.0. The Hall–Kier alpha value is -2.25. The zero-order chi connectivity index (χ0) is 14.5. The van der Waals surface area contributed by atoms with Gasteiger partial charge >= 0.3 is 0 Å². The van der Waals surface area contributed by atoms with Gasteiger partial charge in [-0.25, -0.2) is 9.82 Å². The van der Waals surface area contributed by atoms with Gasteiger partial charge in [0.05, 0.1) is 26.0 Å². The van der Waals surface area contributed by atoms with Crippen molar-refractivity contribution in [3.05, 3.63) is 47.4 Å². The topological polar surface area (TPSA) is 82.3 Å². The van der Waals surface area contributed by atoms with Crippen molar-refractivity contribution in [1.82, 2.24) is 15.6 Å². The third-order valence-corrected chi connectivity index (χ3v) is 2.85. The fourth-order valence-electron chi connectivity index (χ4n) is 1.80. The fraction of sp³-hybridized carbons (Fsp3) is 0.231. The normalized spacial score (nSPS) is 12.0. The number of halogens is 1. The Morgan fingerprint density at radius 1 is 1.15 bits per heavy atom. The highest BCUT2D eigenvalue weighted by Gasteiger charge is 2.19. The molecule has 0 saturated carbocycles. The number of methoxy groups -OCH3 is 2. The minimum absolute atomic E-state index is 0.354. The number of ether oxygens (including phenoxy) is 2. The molecule has 1 unspecified atom stereocenters. The van der Waals surface area contributed by atoms with Crippen LogP contribution in [0.4, 0.5) is 4.39 Å². The quantitative estimate of drug-likeness (QED) is 0.631. The standard InChI is InChI=1S/C13H15FN4O2/c1-19-8-3-4-9(10(14)7-8)13(16-15)11-5-6-12(20-2)18-17-11/h3-7,13,16H,15H2,1-2H3. The highest BCUT2D eigenvalue weighted by Crippen LogP contribution is 2.25. The number of rotatable bonds is 5. The summed E-state index contributed by atoms with van der Waals surface area (Å²) < 4.78 is 23.9. The van der Waals surface area contributed by atoms with E-state index in [1.54, 1.807) is 24.3 Å². The molecule has 0 saturated heterocycles. The molecule has 1 heterocycles. The maximum atomic E-state index is 14.1. The molecule has 2 rings (SSSR count). The number of hydrogen-bond donors (Lipinski definition) is 2. The Bertz CT molecular complexity index is 577. The Kier molecular flexibility index (Phi) is 4.44. The number of nitrogens with one attached hydrogen (secondary N) is 1. The van der Waals surface area contributed by atoms with Gasteiger partial charge in [0.15, 0.2) is 0 Å². The largest absolute Gasteiger partial charge is 0.497 e. The van der Waals surface area contributed by atoms with Gasteiger partial charge in [0.25, 0.3) is 0 Å². The monoisotopic (exact) mass is 278 g/mol. The molecule has 0 aliphatic heterocycles. The van der Waals surface area contributed by atoms with Crippen LogP contribution in [-0.4, -0.2) is 24.4 Å². The minimum Gasteiger partial charge on any atom is -0.497 e. The fourth-order valence-corrected chi connectivity index (χ4v) is 1.80. The molecule has 1 aromatic heterocycles. The number of nitrogens with zero attached hydrogens (tertiary/aromatic N) is 2. The zero-order valence-corrected chi connectivity index (χ0v) is 11.1. The lowest BCUT2D eigenvalue weighted by Crippen LogP contribution is -2.30. The summed E-state index contributed by atoms with van der Waals surface area (Å²) in [5, 5.41) is 7.81. The average molecular weight is 278 g/mol. The summed E-state index contributed by atoms with van der Waals surface area (Å²) in [6.45, 7) is 0. The summed E-state index contributed by atoms with van der Waals surface area (Å²) in [4.78, 5) is 0. The predicted molar refractivity (Wildman–Crippen MR) is 70.7 cm³/mol. The zero-order valence-electron chi connectivity index (χ0n) is 11.1. The van der Waals surface area contributed by atoms with Gasteiger partial charge in [-0.2, -0.15) is 0 Å². The molecule has 2 aromatic rings. The molecule has 0 radical (unpaired) electrons. The molecule has 0 fully saturated rings. The van der Waals surface area contributed by atoms with Crippen molar-refractivity contribution in [3.63, 3.8) is 0 Å². The molecule has 0 bridgehead atoms. The molecular weight excluding hydrogens is 263 g/mol. The molecule has 20 heavy (non-hydrogen) atoms. The van der Waals surface area contributed by atoms with Gasteiger partial charge in [-0.15, -0.1) is 10.2 Å². The molecule has 1 aromatic carbocycles. The predicted octanol–water partition coefficient (Wildman–Crippen LogP) is 1.19. The molecule has 6 nitrogen and oxygen atoms in total. The van der Waals surface area contributed by atoms with Crippen LogP contribution < -0.4 is 20.7 Å². The first kappa shape index (κ1) is 14.2. The summed E-state index contributed by atoms with van der Waals surface area (Å²) in [6, 6.07) is 7.22. The number of aromatic nitrogens is 2. The van der Waals surface area contributed by atoms with E-state index in [2.05, 4.69) is 15.6 Å². The van der Waals surface area contributed by atoms with E-state index in [1.807, 2.05) is 0 Å². The Morgan fingerprint density at radius 2 is 1.95 bits per heavy atom. The molecule has 0 aliphatic carbocycles.